The van der Waals surface area contributed by atoms with E-state index in [1.807, 2.05) is 11.3 Å². The number of halogens is 1. The molecule has 0 aliphatic heterocycles. The van der Waals surface area contributed by atoms with Crippen molar-refractivity contribution in [3.05, 3.63) is 41.3 Å². The van der Waals surface area contributed by atoms with E-state index in [-0.39, 0.29) is 0 Å². The van der Waals surface area contributed by atoms with Gasteiger partial charge < -0.3 is 0 Å². The Balaban J connectivity index is 2.36. The van der Waals surface area contributed by atoms with Crippen LogP contribution in [-0.2, 0) is 0 Å². The summed E-state index contributed by atoms with van der Waals surface area (Å²) in [5, 5.41) is 4.52. The van der Waals surface area contributed by atoms with Crippen molar-refractivity contribution in [3.63, 3.8) is 0 Å². The van der Waals surface area contributed by atoms with Crippen LogP contribution in [0.3, 0.4) is 0 Å². The Bertz CT molecular complexity index is 442. The average Bonchev–Trinajstić information content (AvgIpc) is 2.67. The third-order valence-corrected chi connectivity index (χ3v) is 3.52. The summed E-state index contributed by atoms with van der Waals surface area (Å²) in [7, 11) is 0. The molecule has 0 aliphatic carbocycles. The van der Waals surface area contributed by atoms with E-state index in [9.17, 15) is 0 Å². The quantitative estimate of drug-likeness (QED) is 0.707. The molecule has 0 amide bonds. The Labute approximate surface area is 96.4 Å². The lowest BCUT2D eigenvalue weighted by atomic mass is 10.1. The largest absolute Gasteiger partial charge is 0.143 e. The molecule has 0 N–H and O–H groups in total. The van der Waals surface area contributed by atoms with Crippen molar-refractivity contribution in [2.75, 3.05) is 5.33 Å². The molecule has 2 rings (SSSR count). The number of alkyl halides is 1. The minimum atomic E-state index is 1.03. The third kappa shape index (κ3) is 2.07. The van der Waals surface area contributed by atoms with E-state index in [2.05, 4.69) is 57.7 Å². The number of benzene rings is 1. The molecule has 14 heavy (non-hydrogen) atoms. The SMILES string of the molecule is BrCCC=Cc1cccc2ccsc12. The molecule has 2 aromatic rings. The summed E-state index contributed by atoms with van der Waals surface area (Å²) < 4.78 is 1.39. The summed E-state index contributed by atoms with van der Waals surface area (Å²) in [6, 6.07) is 8.61. The second-order valence-corrected chi connectivity index (χ2v) is 4.78. The minimum absolute atomic E-state index is 1.03. The van der Waals surface area contributed by atoms with E-state index in [4.69, 9.17) is 0 Å². The third-order valence-electron chi connectivity index (χ3n) is 2.08. The van der Waals surface area contributed by atoms with Crippen molar-refractivity contribution in [1.82, 2.24) is 0 Å². The first-order chi connectivity index (χ1) is 6.92. The lowest BCUT2D eigenvalue weighted by Crippen LogP contribution is -1.72. The lowest BCUT2D eigenvalue weighted by Gasteiger charge is -1.95. The first kappa shape index (κ1) is 9.94. The first-order valence-electron chi connectivity index (χ1n) is 4.60. The molecule has 0 unspecified atom stereocenters. The molecule has 0 nitrogen and oxygen atoms in total. The van der Waals surface area contributed by atoms with Crippen LogP contribution >= 0.6 is 27.3 Å². The number of rotatable bonds is 3. The highest BCUT2D eigenvalue weighted by molar-refractivity contribution is 9.09. The zero-order valence-electron chi connectivity index (χ0n) is 7.74. The molecule has 0 bridgehead atoms. The molecule has 0 fully saturated rings. The minimum Gasteiger partial charge on any atom is -0.143 e. The molecule has 1 heterocycles. The molecule has 72 valence electrons. The second kappa shape index (κ2) is 4.76. The molecule has 0 atom stereocenters. The first-order valence-corrected chi connectivity index (χ1v) is 6.60. The summed E-state index contributed by atoms with van der Waals surface area (Å²) in [5.41, 5.74) is 1.33. The molecule has 1 aromatic carbocycles. The Morgan fingerprint density at radius 2 is 2.21 bits per heavy atom. The van der Waals surface area contributed by atoms with Crippen molar-refractivity contribution in [2.45, 2.75) is 6.42 Å². The van der Waals surface area contributed by atoms with Gasteiger partial charge in [0.25, 0.3) is 0 Å². The van der Waals surface area contributed by atoms with Gasteiger partial charge >= 0.3 is 0 Å². The Hall–Kier alpha value is -0.600. The predicted octanol–water partition coefficient (Wildman–Crippen LogP) is 4.70. The van der Waals surface area contributed by atoms with Crippen LogP contribution < -0.4 is 0 Å². The molecule has 1 aromatic heterocycles. The zero-order chi connectivity index (χ0) is 9.80. The number of fused-ring (bicyclic) bond motifs is 1. The Kier molecular flexibility index (Phi) is 3.38. The average molecular weight is 267 g/mol. The molecule has 0 saturated carbocycles. The fourth-order valence-corrected chi connectivity index (χ4v) is 2.58. The van der Waals surface area contributed by atoms with Gasteiger partial charge in [0.15, 0.2) is 0 Å². The smallest absolute Gasteiger partial charge is 0.0414 e. The van der Waals surface area contributed by atoms with Gasteiger partial charge in [0.2, 0.25) is 0 Å². The van der Waals surface area contributed by atoms with Gasteiger partial charge in [0.05, 0.1) is 0 Å². The van der Waals surface area contributed by atoms with E-state index in [0.29, 0.717) is 0 Å². The van der Waals surface area contributed by atoms with Gasteiger partial charge in [-0.1, -0.05) is 46.3 Å². The molecule has 2 heteroatoms. The van der Waals surface area contributed by atoms with Crippen LogP contribution in [0.15, 0.2) is 35.7 Å². The van der Waals surface area contributed by atoms with E-state index >= 15 is 0 Å². The number of hydrogen-bond donors (Lipinski definition) is 0. The van der Waals surface area contributed by atoms with Gasteiger partial charge in [0.1, 0.15) is 0 Å². The predicted molar refractivity (Wildman–Crippen MR) is 69.3 cm³/mol. The van der Waals surface area contributed by atoms with E-state index < -0.39 is 0 Å². The van der Waals surface area contributed by atoms with Gasteiger partial charge in [-0.25, -0.2) is 0 Å². The van der Waals surface area contributed by atoms with Crippen molar-refractivity contribution < 1.29 is 0 Å². The number of allylic oxidation sites excluding steroid dienone is 1. The summed E-state index contributed by atoms with van der Waals surface area (Å²) in [6.45, 7) is 0. The number of thiophene rings is 1. The van der Waals surface area contributed by atoms with Gasteiger partial charge in [0, 0.05) is 10.0 Å². The van der Waals surface area contributed by atoms with Crippen LogP contribution in [0.1, 0.15) is 12.0 Å². The van der Waals surface area contributed by atoms with E-state index in [1.165, 1.54) is 15.6 Å². The molecular formula is C12H11BrS. The van der Waals surface area contributed by atoms with Gasteiger partial charge in [-0.05, 0) is 28.8 Å². The van der Waals surface area contributed by atoms with Crippen molar-refractivity contribution in [2.24, 2.45) is 0 Å². The maximum atomic E-state index is 3.42. The highest BCUT2D eigenvalue weighted by atomic mass is 79.9. The fourth-order valence-electron chi connectivity index (χ4n) is 1.42. The van der Waals surface area contributed by atoms with E-state index in [1.54, 1.807) is 0 Å². The summed E-state index contributed by atoms with van der Waals surface area (Å²) in [4.78, 5) is 0. The van der Waals surface area contributed by atoms with Crippen LogP contribution in [0.4, 0.5) is 0 Å². The maximum absolute atomic E-state index is 3.42. The Morgan fingerprint density at radius 3 is 3.07 bits per heavy atom. The van der Waals surface area contributed by atoms with E-state index in [0.717, 1.165) is 11.8 Å². The van der Waals surface area contributed by atoms with Gasteiger partial charge in [-0.3, -0.25) is 0 Å². The van der Waals surface area contributed by atoms with Crippen molar-refractivity contribution in [3.8, 4) is 0 Å². The summed E-state index contributed by atoms with van der Waals surface area (Å²) in [5.74, 6) is 0. The van der Waals surface area contributed by atoms with Crippen LogP contribution in [0, 0.1) is 0 Å². The Morgan fingerprint density at radius 1 is 1.29 bits per heavy atom. The highest BCUT2D eigenvalue weighted by Crippen LogP contribution is 2.25. The molecular weight excluding hydrogens is 256 g/mol. The monoisotopic (exact) mass is 266 g/mol. The van der Waals surface area contributed by atoms with Gasteiger partial charge in [-0.15, -0.1) is 11.3 Å². The fraction of sp³-hybridized carbons (Fsp3) is 0.167. The molecule has 0 aliphatic rings. The number of hydrogen-bond acceptors (Lipinski definition) is 1. The highest BCUT2D eigenvalue weighted by Gasteiger charge is 1.97. The maximum Gasteiger partial charge on any atom is 0.0414 e. The van der Waals surface area contributed by atoms with Gasteiger partial charge in [-0.2, -0.15) is 0 Å². The van der Waals surface area contributed by atoms with Crippen molar-refractivity contribution >= 4 is 43.4 Å². The standard InChI is InChI=1S/C12H11BrS/c13-8-2-1-4-10-5-3-6-11-7-9-14-12(10)11/h1,3-7,9H,2,8H2. The summed E-state index contributed by atoms with van der Waals surface area (Å²) in [6.07, 6.45) is 5.51. The van der Waals surface area contributed by atoms with Crippen LogP contribution in [0.5, 0.6) is 0 Å². The summed E-state index contributed by atoms with van der Waals surface area (Å²) >= 11 is 5.23. The molecule has 0 spiro atoms. The molecule has 0 saturated heterocycles. The molecule has 0 radical (unpaired) electrons. The van der Waals surface area contributed by atoms with Crippen LogP contribution in [0.25, 0.3) is 16.2 Å². The van der Waals surface area contributed by atoms with Crippen LogP contribution in [0.2, 0.25) is 0 Å². The van der Waals surface area contributed by atoms with Crippen LogP contribution in [-0.4, -0.2) is 5.33 Å². The lowest BCUT2D eigenvalue weighted by molar-refractivity contribution is 1.27. The second-order valence-electron chi connectivity index (χ2n) is 3.07. The topological polar surface area (TPSA) is 0 Å². The van der Waals surface area contributed by atoms with Crippen molar-refractivity contribution in [1.29, 1.82) is 0 Å². The normalized spacial score (nSPS) is 11.5. The zero-order valence-corrected chi connectivity index (χ0v) is 10.1.